The van der Waals surface area contributed by atoms with Crippen LogP contribution in [0.5, 0.6) is 0 Å². The number of aliphatic carboxylic acids is 1. The standard InChI is InChI=1S/C23H26N4O3/c1-15(2)13-20(27-23-25-14-18-5-3-4-6-19(18)26-23)16-7-9-17(10-8-16)22(30)24-12-11-21(28)29/h3-10,14-15,20H,11-13H2,1-2H3,(H,24,30)(H,28,29)(H,25,26,27)/t20-/m0/s1. The molecule has 0 saturated heterocycles. The molecule has 0 aliphatic carbocycles. The van der Waals surface area contributed by atoms with Gasteiger partial charge in [0.25, 0.3) is 5.91 Å². The van der Waals surface area contributed by atoms with Crippen LogP contribution in [0.3, 0.4) is 0 Å². The number of carbonyl (C=O) groups excluding carboxylic acids is 1. The minimum atomic E-state index is -0.941. The molecule has 0 aliphatic rings. The van der Waals surface area contributed by atoms with E-state index in [1.54, 1.807) is 12.1 Å². The van der Waals surface area contributed by atoms with Gasteiger partial charge in [-0.25, -0.2) is 9.97 Å². The van der Waals surface area contributed by atoms with E-state index in [-0.39, 0.29) is 24.9 Å². The first kappa shape index (κ1) is 21.2. The maximum Gasteiger partial charge on any atom is 0.305 e. The average molecular weight is 406 g/mol. The maximum atomic E-state index is 12.2. The third kappa shape index (κ3) is 5.76. The SMILES string of the molecule is CC(C)C[C@H](Nc1ncc2ccccc2n1)c1ccc(C(=O)NCCC(=O)O)cc1. The molecule has 30 heavy (non-hydrogen) atoms. The van der Waals surface area contributed by atoms with Gasteiger partial charge in [-0.3, -0.25) is 9.59 Å². The van der Waals surface area contributed by atoms with Crippen LogP contribution < -0.4 is 10.6 Å². The van der Waals surface area contributed by atoms with Gasteiger partial charge in [0.15, 0.2) is 0 Å². The molecule has 0 spiro atoms. The van der Waals surface area contributed by atoms with E-state index >= 15 is 0 Å². The second kappa shape index (κ2) is 9.82. The smallest absolute Gasteiger partial charge is 0.305 e. The molecule has 3 aromatic rings. The number of amides is 1. The molecule has 0 saturated carbocycles. The van der Waals surface area contributed by atoms with Gasteiger partial charge >= 0.3 is 5.97 Å². The molecule has 156 valence electrons. The third-order valence-electron chi connectivity index (χ3n) is 4.70. The van der Waals surface area contributed by atoms with E-state index in [4.69, 9.17) is 5.11 Å². The minimum Gasteiger partial charge on any atom is -0.481 e. The number of nitrogens with zero attached hydrogens (tertiary/aromatic N) is 2. The van der Waals surface area contributed by atoms with E-state index < -0.39 is 5.97 Å². The number of para-hydroxylation sites is 1. The summed E-state index contributed by atoms with van der Waals surface area (Å²) >= 11 is 0. The van der Waals surface area contributed by atoms with Gasteiger partial charge in [-0.15, -0.1) is 0 Å². The van der Waals surface area contributed by atoms with E-state index in [2.05, 4.69) is 34.4 Å². The Hall–Kier alpha value is -3.48. The van der Waals surface area contributed by atoms with Gasteiger partial charge in [-0.05, 0) is 36.1 Å². The molecular weight excluding hydrogens is 380 g/mol. The monoisotopic (exact) mass is 406 g/mol. The molecule has 1 heterocycles. The predicted molar refractivity (Wildman–Crippen MR) is 116 cm³/mol. The molecule has 0 aliphatic heterocycles. The zero-order valence-electron chi connectivity index (χ0n) is 17.1. The Balaban J connectivity index is 1.74. The van der Waals surface area contributed by atoms with Crippen LogP contribution >= 0.6 is 0 Å². The van der Waals surface area contributed by atoms with E-state index in [1.165, 1.54) is 0 Å². The normalized spacial score (nSPS) is 12.0. The quantitative estimate of drug-likeness (QED) is 0.496. The first-order valence-corrected chi connectivity index (χ1v) is 10.0. The Morgan fingerprint density at radius 2 is 1.80 bits per heavy atom. The summed E-state index contributed by atoms with van der Waals surface area (Å²) in [6.07, 6.45) is 2.58. The molecule has 3 rings (SSSR count). The fraction of sp³-hybridized carbons (Fsp3) is 0.304. The number of benzene rings is 2. The van der Waals surface area contributed by atoms with Crippen molar-refractivity contribution >= 4 is 28.7 Å². The van der Waals surface area contributed by atoms with Crippen molar-refractivity contribution in [2.75, 3.05) is 11.9 Å². The van der Waals surface area contributed by atoms with Gasteiger partial charge in [0.1, 0.15) is 0 Å². The fourth-order valence-electron chi connectivity index (χ4n) is 3.20. The lowest BCUT2D eigenvalue weighted by Crippen LogP contribution is -2.26. The summed E-state index contributed by atoms with van der Waals surface area (Å²) < 4.78 is 0. The maximum absolute atomic E-state index is 12.2. The van der Waals surface area contributed by atoms with Gasteiger partial charge in [0, 0.05) is 23.7 Å². The Morgan fingerprint density at radius 3 is 2.50 bits per heavy atom. The van der Waals surface area contributed by atoms with Crippen LogP contribution in [0.15, 0.2) is 54.7 Å². The lowest BCUT2D eigenvalue weighted by molar-refractivity contribution is -0.136. The number of rotatable bonds is 9. The van der Waals surface area contributed by atoms with Gasteiger partial charge in [0.2, 0.25) is 5.95 Å². The Kier molecular flexibility index (Phi) is 6.95. The van der Waals surface area contributed by atoms with Crippen molar-refractivity contribution in [2.45, 2.75) is 32.7 Å². The largest absolute Gasteiger partial charge is 0.481 e. The van der Waals surface area contributed by atoms with Crippen LogP contribution in [0.1, 0.15) is 48.7 Å². The summed E-state index contributed by atoms with van der Waals surface area (Å²) in [5.41, 5.74) is 2.41. The summed E-state index contributed by atoms with van der Waals surface area (Å²) in [4.78, 5) is 31.8. The number of nitrogens with one attached hydrogen (secondary N) is 2. The van der Waals surface area contributed by atoms with Crippen molar-refractivity contribution in [3.8, 4) is 0 Å². The second-order valence-electron chi connectivity index (χ2n) is 7.60. The van der Waals surface area contributed by atoms with Crippen molar-refractivity contribution < 1.29 is 14.7 Å². The first-order chi connectivity index (χ1) is 14.4. The highest BCUT2D eigenvalue weighted by molar-refractivity contribution is 5.94. The number of hydrogen-bond donors (Lipinski definition) is 3. The Labute approximate surface area is 175 Å². The average Bonchev–Trinajstić information content (AvgIpc) is 2.72. The van der Waals surface area contributed by atoms with Gasteiger partial charge in [-0.2, -0.15) is 0 Å². The number of carbonyl (C=O) groups is 2. The minimum absolute atomic E-state index is 0.00437. The van der Waals surface area contributed by atoms with Gasteiger partial charge < -0.3 is 15.7 Å². The van der Waals surface area contributed by atoms with Gasteiger partial charge in [-0.1, -0.05) is 44.2 Å². The molecule has 0 unspecified atom stereocenters. The molecule has 7 nitrogen and oxygen atoms in total. The van der Waals surface area contributed by atoms with E-state index in [0.717, 1.165) is 22.9 Å². The second-order valence-corrected chi connectivity index (χ2v) is 7.60. The predicted octanol–water partition coefficient (Wildman–Crippen LogP) is 4.03. The Morgan fingerprint density at radius 1 is 1.07 bits per heavy atom. The summed E-state index contributed by atoms with van der Waals surface area (Å²) in [7, 11) is 0. The summed E-state index contributed by atoms with van der Waals surface area (Å²) in [5, 5.41) is 15.7. The van der Waals surface area contributed by atoms with Crippen LogP contribution in [-0.4, -0.2) is 33.5 Å². The highest BCUT2D eigenvalue weighted by Crippen LogP contribution is 2.25. The molecule has 0 radical (unpaired) electrons. The number of carboxylic acids is 1. The molecule has 0 bridgehead atoms. The molecule has 1 atom stereocenters. The number of hydrogen-bond acceptors (Lipinski definition) is 5. The lowest BCUT2D eigenvalue weighted by Gasteiger charge is -2.21. The molecule has 0 fully saturated rings. The molecule has 2 aromatic carbocycles. The van der Waals surface area contributed by atoms with Crippen molar-refractivity contribution in [1.82, 2.24) is 15.3 Å². The number of anilines is 1. The molecule has 7 heteroatoms. The van der Waals surface area contributed by atoms with Crippen LogP contribution in [-0.2, 0) is 4.79 Å². The Bertz CT molecular complexity index is 1020. The first-order valence-electron chi connectivity index (χ1n) is 10.0. The van der Waals surface area contributed by atoms with Crippen molar-refractivity contribution in [2.24, 2.45) is 5.92 Å². The van der Waals surface area contributed by atoms with Crippen molar-refractivity contribution in [1.29, 1.82) is 0 Å². The zero-order chi connectivity index (χ0) is 21.5. The fourth-order valence-corrected chi connectivity index (χ4v) is 3.20. The summed E-state index contributed by atoms with van der Waals surface area (Å²) in [6.45, 7) is 4.41. The molecule has 1 aromatic heterocycles. The van der Waals surface area contributed by atoms with Crippen molar-refractivity contribution in [3.63, 3.8) is 0 Å². The number of carboxylic acid groups (broad SMARTS) is 1. The van der Waals surface area contributed by atoms with E-state index in [0.29, 0.717) is 17.4 Å². The topological polar surface area (TPSA) is 104 Å². The van der Waals surface area contributed by atoms with Gasteiger partial charge in [0.05, 0.1) is 18.0 Å². The third-order valence-corrected chi connectivity index (χ3v) is 4.70. The van der Waals surface area contributed by atoms with Crippen LogP contribution in [0, 0.1) is 5.92 Å². The zero-order valence-corrected chi connectivity index (χ0v) is 17.1. The highest BCUT2D eigenvalue weighted by atomic mass is 16.4. The lowest BCUT2D eigenvalue weighted by atomic mass is 9.96. The molecule has 3 N–H and O–H groups in total. The number of aromatic nitrogens is 2. The molecule has 1 amide bonds. The van der Waals surface area contributed by atoms with E-state index in [9.17, 15) is 9.59 Å². The van der Waals surface area contributed by atoms with Crippen molar-refractivity contribution in [3.05, 3.63) is 65.9 Å². The van der Waals surface area contributed by atoms with Crippen LogP contribution in [0.25, 0.3) is 10.9 Å². The van der Waals surface area contributed by atoms with Crippen LogP contribution in [0.2, 0.25) is 0 Å². The highest BCUT2D eigenvalue weighted by Gasteiger charge is 2.16. The number of fused-ring (bicyclic) bond motifs is 1. The summed E-state index contributed by atoms with van der Waals surface area (Å²) in [5.74, 6) is -0.213. The molecular formula is C23H26N4O3. The van der Waals surface area contributed by atoms with E-state index in [1.807, 2.05) is 42.6 Å². The summed E-state index contributed by atoms with van der Waals surface area (Å²) in [6, 6.07) is 15.2. The van der Waals surface area contributed by atoms with Crippen LogP contribution in [0.4, 0.5) is 5.95 Å².